The molecule has 0 aliphatic heterocycles. The molecule has 5 nitrogen and oxygen atoms in total. The Bertz CT molecular complexity index is 785. The van der Waals surface area contributed by atoms with Crippen LogP contribution in [0.4, 0.5) is 5.69 Å². The minimum atomic E-state index is -3.28. The number of nitrogens with zero attached hydrogens (tertiary/aromatic N) is 2. The quantitative estimate of drug-likeness (QED) is 0.768. The van der Waals surface area contributed by atoms with Crippen molar-refractivity contribution in [3.05, 3.63) is 45.7 Å². The molecule has 1 N–H and O–H groups in total. The highest BCUT2D eigenvalue weighted by atomic mass is 79.9. The molecule has 0 unspecified atom stereocenters. The normalized spacial score (nSPS) is 11.7. The molecule has 0 amide bonds. The van der Waals surface area contributed by atoms with Gasteiger partial charge in [0, 0.05) is 5.69 Å². The van der Waals surface area contributed by atoms with Crippen LogP contribution in [-0.2, 0) is 16.6 Å². The van der Waals surface area contributed by atoms with Crippen LogP contribution < -0.4 is 4.72 Å². The Morgan fingerprint density at radius 2 is 2.04 bits per heavy atom. The molecule has 126 valence electrons. The van der Waals surface area contributed by atoms with Crippen LogP contribution in [0.5, 0.6) is 0 Å². The van der Waals surface area contributed by atoms with Gasteiger partial charge in [-0.15, -0.1) is 0 Å². The number of aryl methyl sites for hydroxylation is 1. The molecule has 0 atom stereocenters. The number of halogens is 1. The third kappa shape index (κ3) is 4.81. The number of hydrogen-bond acceptors (Lipinski definition) is 3. The van der Waals surface area contributed by atoms with E-state index in [0.29, 0.717) is 18.7 Å². The van der Waals surface area contributed by atoms with Crippen molar-refractivity contribution in [1.29, 1.82) is 0 Å². The summed E-state index contributed by atoms with van der Waals surface area (Å²) < 4.78 is 29.6. The summed E-state index contributed by atoms with van der Waals surface area (Å²) in [5.74, 6) is 0.151. The predicted octanol–water partition coefficient (Wildman–Crippen LogP) is 3.85. The third-order valence-electron chi connectivity index (χ3n) is 3.59. The van der Waals surface area contributed by atoms with Gasteiger partial charge in [0.2, 0.25) is 10.0 Å². The molecule has 0 saturated heterocycles. The summed E-state index contributed by atoms with van der Waals surface area (Å²) >= 11 is 3.52. The summed E-state index contributed by atoms with van der Waals surface area (Å²) in [6, 6.07) is 7.44. The Morgan fingerprint density at radius 3 is 2.65 bits per heavy atom. The smallest absolute Gasteiger partial charge is 0.232 e. The van der Waals surface area contributed by atoms with Gasteiger partial charge in [-0.2, -0.15) is 5.10 Å². The zero-order valence-electron chi connectivity index (χ0n) is 13.6. The highest BCUT2D eigenvalue weighted by Gasteiger charge is 2.11. The SMILES string of the molecule is CCCCS(=O)(=O)Nc1cccc(Cn2nc(C)c(Br)c2C)c1. The summed E-state index contributed by atoms with van der Waals surface area (Å²) in [5.41, 5.74) is 3.59. The van der Waals surface area contributed by atoms with Crippen molar-refractivity contribution >= 4 is 31.6 Å². The molecule has 0 spiro atoms. The van der Waals surface area contributed by atoms with E-state index in [1.54, 1.807) is 6.07 Å². The number of aromatic nitrogens is 2. The molecule has 23 heavy (non-hydrogen) atoms. The molecule has 7 heteroatoms. The van der Waals surface area contributed by atoms with E-state index in [1.807, 2.05) is 43.7 Å². The second kappa shape index (κ2) is 7.49. The van der Waals surface area contributed by atoms with Crippen LogP contribution in [0.2, 0.25) is 0 Å². The third-order valence-corrected chi connectivity index (χ3v) is 6.11. The van der Waals surface area contributed by atoms with Crippen molar-refractivity contribution in [2.24, 2.45) is 0 Å². The van der Waals surface area contributed by atoms with E-state index < -0.39 is 10.0 Å². The molecule has 0 aliphatic rings. The highest BCUT2D eigenvalue weighted by molar-refractivity contribution is 9.10. The summed E-state index contributed by atoms with van der Waals surface area (Å²) in [7, 11) is -3.28. The summed E-state index contributed by atoms with van der Waals surface area (Å²) in [6.07, 6.45) is 1.52. The van der Waals surface area contributed by atoms with Gasteiger partial charge < -0.3 is 0 Å². The maximum absolute atomic E-state index is 12.0. The fourth-order valence-corrected chi connectivity index (χ4v) is 3.84. The lowest BCUT2D eigenvalue weighted by Crippen LogP contribution is -2.16. The Balaban J connectivity index is 2.15. The average Bonchev–Trinajstić information content (AvgIpc) is 2.72. The van der Waals surface area contributed by atoms with Gasteiger partial charge in [-0.1, -0.05) is 25.5 Å². The van der Waals surface area contributed by atoms with E-state index in [1.165, 1.54) is 0 Å². The second-order valence-corrected chi connectivity index (χ2v) is 8.25. The van der Waals surface area contributed by atoms with Crippen LogP contribution in [0, 0.1) is 13.8 Å². The summed E-state index contributed by atoms with van der Waals surface area (Å²) in [5, 5.41) is 4.48. The predicted molar refractivity (Wildman–Crippen MR) is 97.3 cm³/mol. The maximum atomic E-state index is 12.0. The van der Waals surface area contributed by atoms with Gasteiger partial charge in [-0.05, 0) is 53.9 Å². The molecule has 2 aromatic rings. The maximum Gasteiger partial charge on any atom is 0.232 e. The first-order chi connectivity index (χ1) is 10.8. The van der Waals surface area contributed by atoms with Crippen molar-refractivity contribution < 1.29 is 8.42 Å². The van der Waals surface area contributed by atoms with Crippen molar-refractivity contribution in [3.8, 4) is 0 Å². The fourth-order valence-electron chi connectivity index (χ4n) is 2.30. The Morgan fingerprint density at radius 1 is 1.30 bits per heavy atom. The van der Waals surface area contributed by atoms with E-state index in [-0.39, 0.29) is 5.75 Å². The van der Waals surface area contributed by atoms with Gasteiger partial charge in [0.25, 0.3) is 0 Å². The lowest BCUT2D eigenvalue weighted by Gasteiger charge is -2.10. The fraction of sp³-hybridized carbons (Fsp3) is 0.438. The lowest BCUT2D eigenvalue weighted by molar-refractivity contribution is 0.598. The van der Waals surface area contributed by atoms with E-state index in [2.05, 4.69) is 25.8 Å². The van der Waals surface area contributed by atoms with Crippen LogP contribution in [0.15, 0.2) is 28.7 Å². The Kier molecular flexibility index (Phi) is 5.86. The number of anilines is 1. The summed E-state index contributed by atoms with van der Waals surface area (Å²) in [6.45, 7) is 6.53. The highest BCUT2D eigenvalue weighted by Crippen LogP contribution is 2.21. The largest absolute Gasteiger partial charge is 0.284 e. The van der Waals surface area contributed by atoms with E-state index in [0.717, 1.165) is 27.8 Å². The molecule has 1 heterocycles. The molecular weight excluding hydrogens is 378 g/mol. The summed E-state index contributed by atoms with van der Waals surface area (Å²) in [4.78, 5) is 0. The number of rotatable bonds is 7. The number of nitrogens with one attached hydrogen (secondary N) is 1. The van der Waals surface area contributed by atoms with Crippen LogP contribution in [0.3, 0.4) is 0 Å². The van der Waals surface area contributed by atoms with Crippen molar-refractivity contribution in [2.45, 2.75) is 40.2 Å². The minimum absolute atomic E-state index is 0.151. The monoisotopic (exact) mass is 399 g/mol. The van der Waals surface area contributed by atoms with Crippen LogP contribution >= 0.6 is 15.9 Å². The van der Waals surface area contributed by atoms with Gasteiger partial charge in [0.1, 0.15) is 0 Å². The first kappa shape index (κ1) is 18.0. The van der Waals surface area contributed by atoms with E-state index in [4.69, 9.17) is 0 Å². The van der Waals surface area contributed by atoms with E-state index in [9.17, 15) is 8.42 Å². The second-order valence-electron chi connectivity index (χ2n) is 5.62. The zero-order chi connectivity index (χ0) is 17.0. The van der Waals surface area contributed by atoms with Crippen LogP contribution in [0.1, 0.15) is 36.7 Å². The van der Waals surface area contributed by atoms with Gasteiger partial charge in [0.15, 0.2) is 0 Å². The van der Waals surface area contributed by atoms with Gasteiger partial charge in [-0.25, -0.2) is 8.42 Å². The average molecular weight is 400 g/mol. The molecular formula is C16H22BrN3O2S. The number of sulfonamides is 1. The molecule has 0 aliphatic carbocycles. The zero-order valence-corrected chi connectivity index (χ0v) is 16.0. The van der Waals surface area contributed by atoms with E-state index >= 15 is 0 Å². The van der Waals surface area contributed by atoms with Gasteiger partial charge in [0.05, 0.1) is 28.2 Å². The van der Waals surface area contributed by atoms with Gasteiger partial charge >= 0.3 is 0 Å². The first-order valence-corrected chi connectivity index (χ1v) is 10.1. The molecule has 2 rings (SSSR count). The molecule has 1 aromatic carbocycles. The molecule has 0 saturated carbocycles. The number of hydrogen-bond donors (Lipinski definition) is 1. The Labute approximate surface area is 146 Å². The minimum Gasteiger partial charge on any atom is -0.284 e. The standard InChI is InChI=1S/C16H22BrN3O2S/c1-4-5-9-23(21,22)19-15-8-6-7-14(10-15)11-20-13(3)16(17)12(2)18-20/h6-8,10,19H,4-5,9,11H2,1-3H3. The molecule has 1 aromatic heterocycles. The first-order valence-electron chi connectivity index (χ1n) is 7.61. The molecule has 0 bridgehead atoms. The van der Waals surface area contributed by atoms with Crippen molar-refractivity contribution in [1.82, 2.24) is 9.78 Å². The topological polar surface area (TPSA) is 64.0 Å². The van der Waals surface area contributed by atoms with Crippen molar-refractivity contribution in [3.63, 3.8) is 0 Å². The van der Waals surface area contributed by atoms with Crippen molar-refractivity contribution in [2.75, 3.05) is 10.5 Å². The number of benzene rings is 1. The Hall–Kier alpha value is -1.34. The number of unbranched alkanes of at least 4 members (excludes halogenated alkanes) is 1. The van der Waals surface area contributed by atoms with Crippen LogP contribution in [-0.4, -0.2) is 24.0 Å². The lowest BCUT2D eigenvalue weighted by atomic mass is 10.2. The molecule has 0 radical (unpaired) electrons. The van der Waals surface area contributed by atoms with Gasteiger partial charge in [-0.3, -0.25) is 9.40 Å². The van der Waals surface area contributed by atoms with Crippen LogP contribution in [0.25, 0.3) is 0 Å². The molecule has 0 fully saturated rings.